The average molecular weight is 513 g/mol. The number of anilines is 1. The molecule has 8 nitrogen and oxygen atoms in total. The molecular weight excluding hydrogens is 484 g/mol. The van der Waals surface area contributed by atoms with Crippen molar-refractivity contribution in [2.45, 2.75) is 43.5 Å². The molecule has 0 radical (unpaired) electrons. The Bertz CT molecular complexity index is 1150. The average Bonchev–Trinajstić information content (AvgIpc) is 3.61. The molecule has 1 saturated heterocycles. The fourth-order valence-electron chi connectivity index (χ4n) is 5.12. The van der Waals surface area contributed by atoms with Crippen LogP contribution in [0.15, 0.2) is 58.1 Å². The monoisotopic (exact) mass is 512 g/mol. The summed E-state index contributed by atoms with van der Waals surface area (Å²) in [5, 5.41) is 13.8. The van der Waals surface area contributed by atoms with Crippen LogP contribution in [-0.2, 0) is 4.79 Å². The summed E-state index contributed by atoms with van der Waals surface area (Å²) < 4.78 is 0. The largest absolute Gasteiger partial charge is 0.395 e. The van der Waals surface area contributed by atoms with Gasteiger partial charge >= 0.3 is 0 Å². The summed E-state index contributed by atoms with van der Waals surface area (Å²) in [5.41, 5.74) is 9.86. The van der Waals surface area contributed by atoms with E-state index in [2.05, 4.69) is 43.2 Å². The van der Waals surface area contributed by atoms with Gasteiger partial charge in [0.25, 0.3) is 0 Å². The zero-order chi connectivity index (χ0) is 24.4. The number of pyridine rings is 1. The topological polar surface area (TPSA) is 102 Å². The molecule has 10 heteroatoms. The first-order valence-electron chi connectivity index (χ1n) is 11.8. The quantitative estimate of drug-likeness (QED) is 0.447. The lowest BCUT2D eigenvalue weighted by atomic mass is 9.91. The van der Waals surface area contributed by atoms with Crippen molar-refractivity contribution in [2.75, 3.05) is 25.1 Å². The number of thioether (sulfide) groups is 1. The van der Waals surface area contributed by atoms with Crippen LogP contribution in [0.1, 0.15) is 48.6 Å². The number of hydrogen-bond donors (Lipinski definition) is 4. The number of benzene rings is 1. The number of carbonyl (C=O) groups is 1. The highest BCUT2D eigenvalue weighted by Gasteiger charge is 2.40. The smallest absolute Gasteiger partial charge is 0.222 e. The summed E-state index contributed by atoms with van der Waals surface area (Å²) in [6.45, 7) is 3.06. The van der Waals surface area contributed by atoms with E-state index >= 15 is 0 Å². The Kier molecular flexibility index (Phi) is 7.40. The standard InChI is InChI=1S/C25H29ClN6O2S/c1-15(34)30-22-11-17(8-9-27-22)21-12-20(24(35-21)25-28-14-29-31-25)23(16-4-6-18(26)7-5-16)32-10-2-3-19(32)13-33/h4-9,11,19,21,23,29,33H,2-3,10,12-14H2,1H3,(H,28,31)(H,27,30,34)/t19-,21?,23?/m0/s1. The highest BCUT2D eigenvalue weighted by atomic mass is 35.5. The first-order valence-corrected chi connectivity index (χ1v) is 13.1. The van der Waals surface area contributed by atoms with E-state index in [1.807, 2.05) is 24.3 Å². The van der Waals surface area contributed by atoms with Gasteiger partial charge in [-0.3, -0.25) is 9.69 Å². The number of nitrogens with zero attached hydrogens (tertiary/aromatic N) is 3. The fraction of sp³-hybridized carbons (Fsp3) is 0.400. The molecule has 2 unspecified atom stereocenters. The predicted molar refractivity (Wildman–Crippen MR) is 140 cm³/mol. The van der Waals surface area contributed by atoms with Crippen LogP contribution in [0.25, 0.3) is 0 Å². The number of rotatable bonds is 7. The van der Waals surface area contributed by atoms with Gasteiger partial charge in [0.1, 0.15) is 12.5 Å². The summed E-state index contributed by atoms with van der Waals surface area (Å²) in [6.07, 6.45) is 4.58. The van der Waals surface area contributed by atoms with Crippen molar-refractivity contribution in [3.63, 3.8) is 0 Å². The van der Waals surface area contributed by atoms with Crippen LogP contribution < -0.4 is 16.2 Å². The van der Waals surface area contributed by atoms with Crippen molar-refractivity contribution in [3.8, 4) is 0 Å². The molecular formula is C25H29ClN6O2S. The summed E-state index contributed by atoms with van der Waals surface area (Å²) in [5.74, 6) is 1.26. The van der Waals surface area contributed by atoms with Crippen LogP contribution in [0, 0.1) is 0 Å². The van der Waals surface area contributed by atoms with Crippen molar-refractivity contribution in [1.29, 1.82) is 0 Å². The molecule has 0 saturated carbocycles. The van der Waals surface area contributed by atoms with Gasteiger partial charge in [0.05, 0.1) is 17.6 Å². The normalized spacial score (nSPS) is 23.3. The Labute approximate surface area is 214 Å². The Morgan fingerprint density at radius 3 is 2.89 bits per heavy atom. The highest BCUT2D eigenvalue weighted by molar-refractivity contribution is 8.04. The number of hydrogen-bond acceptors (Lipinski definition) is 8. The van der Waals surface area contributed by atoms with Crippen LogP contribution in [-0.4, -0.2) is 52.6 Å². The number of aromatic nitrogens is 1. The van der Waals surface area contributed by atoms with E-state index < -0.39 is 0 Å². The third-order valence-corrected chi connectivity index (χ3v) is 8.30. The molecule has 0 bridgehead atoms. The molecule has 0 aliphatic carbocycles. The van der Waals surface area contributed by atoms with E-state index in [4.69, 9.17) is 11.6 Å². The van der Waals surface area contributed by atoms with Crippen LogP contribution >= 0.6 is 23.4 Å². The first kappa shape index (κ1) is 24.3. The second-order valence-electron chi connectivity index (χ2n) is 8.96. The van der Waals surface area contributed by atoms with E-state index in [1.165, 1.54) is 12.5 Å². The van der Waals surface area contributed by atoms with Crippen molar-refractivity contribution >= 4 is 40.9 Å². The summed E-state index contributed by atoms with van der Waals surface area (Å²) >= 11 is 8.02. The van der Waals surface area contributed by atoms with E-state index in [-0.39, 0.29) is 29.8 Å². The number of amides is 1. The minimum atomic E-state index is -0.143. The van der Waals surface area contributed by atoms with Gasteiger partial charge in [-0.15, -0.1) is 11.8 Å². The molecule has 3 aliphatic rings. The minimum absolute atomic E-state index is 0.00108. The lowest BCUT2D eigenvalue weighted by Crippen LogP contribution is -2.37. The summed E-state index contributed by atoms with van der Waals surface area (Å²) in [4.78, 5) is 24.1. The van der Waals surface area contributed by atoms with Gasteiger partial charge < -0.3 is 15.8 Å². The van der Waals surface area contributed by atoms with Crippen LogP contribution in [0.4, 0.5) is 5.82 Å². The van der Waals surface area contributed by atoms with Gasteiger partial charge in [-0.2, -0.15) is 0 Å². The number of aliphatic imine (C=N–C) groups is 1. The SMILES string of the molecule is CC(=O)Nc1cc(C2CC(C(c3ccc(Cl)cc3)N3CCC[C@H]3CO)=C(C3=NCNN3)S2)ccn1. The van der Waals surface area contributed by atoms with E-state index in [0.717, 1.165) is 47.7 Å². The van der Waals surface area contributed by atoms with Crippen molar-refractivity contribution in [1.82, 2.24) is 20.7 Å². The molecule has 35 heavy (non-hydrogen) atoms. The predicted octanol–water partition coefficient (Wildman–Crippen LogP) is 3.79. The highest BCUT2D eigenvalue weighted by Crippen LogP contribution is 2.53. The second-order valence-corrected chi connectivity index (χ2v) is 10.6. The van der Waals surface area contributed by atoms with Crippen molar-refractivity contribution in [2.24, 2.45) is 4.99 Å². The van der Waals surface area contributed by atoms with E-state index in [0.29, 0.717) is 17.5 Å². The molecule has 3 aliphatic heterocycles. The molecule has 1 fully saturated rings. The number of aliphatic hydroxyl groups excluding tert-OH is 1. The molecule has 1 aromatic heterocycles. The van der Waals surface area contributed by atoms with Gasteiger partial charge in [0.15, 0.2) is 5.84 Å². The van der Waals surface area contributed by atoms with Crippen LogP contribution in [0.3, 0.4) is 0 Å². The maximum Gasteiger partial charge on any atom is 0.222 e. The molecule has 4 N–H and O–H groups in total. The number of carbonyl (C=O) groups excluding carboxylic acids is 1. The number of aliphatic hydroxyl groups is 1. The molecule has 5 rings (SSSR count). The number of nitrogens with one attached hydrogen (secondary N) is 3. The van der Waals surface area contributed by atoms with Crippen molar-refractivity contribution < 1.29 is 9.90 Å². The lowest BCUT2D eigenvalue weighted by molar-refractivity contribution is -0.114. The number of likely N-dealkylation sites (tertiary alicyclic amines) is 1. The third-order valence-electron chi connectivity index (χ3n) is 6.64. The zero-order valence-corrected chi connectivity index (χ0v) is 21.1. The van der Waals surface area contributed by atoms with Gasteiger partial charge in [0, 0.05) is 29.4 Å². The van der Waals surface area contributed by atoms with Crippen molar-refractivity contribution in [3.05, 3.63) is 69.2 Å². The molecule has 184 valence electrons. The number of amidine groups is 1. The van der Waals surface area contributed by atoms with Gasteiger partial charge in [0.2, 0.25) is 5.91 Å². The summed E-state index contributed by atoms with van der Waals surface area (Å²) in [7, 11) is 0. The number of halogens is 1. The third kappa shape index (κ3) is 5.24. The maximum atomic E-state index is 11.6. The Morgan fingerprint density at radius 2 is 2.17 bits per heavy atom. The maximum absolute atomic E-state index is 11.6. The Hall–Kier alpha value is -2.43. The molecule has 4 heterocycles. The van der Waals surface area contributed by atoms with E-state index in [9.17, 15) is 9.90 Å². The summed E-state index contributed by atoms with van der Waals surface area (Å²) in [6, 6.07) is 12.1. The first-order chi connectivity index (χ1) is 17.0. The molecule has 1 amide bonds. The fourth-order valence-corrected chi connectivity index (χ4v) is 6.65. The zero-order valence-electron chi connectivity index (χ0n) is 19.5. The second kappa shape index (κ2) is 10.7. The Morgan fingerprint density at radius 1 is 1.34 bits per heavy atom. The molecule has 2 aromatic rings. The van der Waals surface area contributed by atoms with Gasteiger partial charge in [-0.05, 0) is 66.8 Å². The minimum Gasteiger partial charge on any atom is -0.395 e. The lowest BCUT2D eigenvalue weighted by Gasteiger charge is -2.34. The molecule has 0 spiro atoms. The van der Waals surface area contributed by atoms with Crippen LogP contribution in [0.2, 0.25) is 5.02 Å². The van der Waals surface area contributed by atoms with E-state index in [1.54, 1.807) is 18.0 Å². The van der Waals surface area contributed by atoms with Gasteiger partial charge in [-0.25, -0.2) is 15.4 Å². The molecule has 1 aromatic carbocycles. The molecule has 3 atom stereocenters. The Balaban J connectivity index is 1.55. The van der Waals surface area contributed by atoms with Crippen LogP contribution in [0.5, 0.6) is 0 Å². The van der Waals surface area contributed by atoms with Gasteiger partial charge in [-0.1, -0.05) is 23.7 Å². The number of hydrazine groups is 1.